The zero-order valence-corrected chi connectivity index (χ0v) is 12.7. The Morgan fingerprint density at radius 1 is 0.840 bits per heavy atom. The first-order chi connectivity index (χ1) is 12.0. The van der Waals surface area contributed by atoms with Crippen molar-refractivity contribution in [2.24, 2.45) is 0 Å². The van der Waals surface area contributed by atoms with Gasteiger partial charge in [0.2, 0.25) is 5.43 Å². The fourth-order valence-corrected chi connectivity index (χ4v) is 2.88. The minimum Gasteiger partial charge on any atom is -0.504 e. The van der Waals surface area contributed by atoms with Crippen molar-refractivity contribution in [3.63, 3.8) is 0 Å². The van der Waals surface area contributed by atoms with Crippen LogP contribution in [-0.4, -0.2) is 15.3 Å². The highest BCUT2D eigenvalue weighted by Crippen LogP contribution is 2.44. The largest absolute Gasteiger partial charge is 0.504 e. The minimum atomic E-state index is -0.641. The molecule has 1 aliphatic heterocycles. The van der Waals surface area contributed by atoms with Crippen molar-refractivity contribution in [2.75, 3.05) is 0 Å². The molecule has 0 radical (unpaired) electrons. The van der Waals surface area contributed by atoms with Crippen LogP contribution in [0.3, 0.4) is 0 Å². The van der Waals surface area contributed by atoms with E-state index in [-0.39, 0.29) is 16.9 Å². The predicted molar refractivity (Wildman–Crippen MR) is 89.5 cm³/mol. The van der Waals surface area contributed by atoms with E-state index in [0.29, 0.717) is 16.5 Å². The summed E-state index contributed by atoms with van der Waals surface area (Å²) in [7, 11) is 0. The van der Waals surface area contributed by atoms with Gasteiger partial charge in [0.15, 0.2) is 17.2 Å². The van der Waals surface area contributed by atoms with E-state index in [1.807, 2.05) is 0 Å². The Kier molecular flexibility index (Phi) is 3.15. The number of aromatic hydroxyl groups is 3. The Labute approximate surface area is 140 Å². The van der Waals surface area contributed by atoms with Crippen LogP contribution in [0.25, 0.3) is 33.4 Å². The molecule has 2 aliphatic rings. The molecule has 0 atom stereocenters. The summed E-state index contributed by atoms with van der Waals surface area (Å²) in [4.78, 5) is 11.7. The van der Waals surface area contributed by atoms with Gasteiger partial charge in [0, 0.05) is 34.2 Å². The maximum atomic E-state index is 14.4. The summed E-state index contributed by atoms with van der Waals surface area (Å²) in [6.45, 7) is 0. The van der Waals surface area contributed by atoms with E-state index >= 15 is 0 Å². The summed E-state index contributed by atoms with van der Waals surface area (Å²) in [5, 5.41) is 29.7. The van der Waals surface area contributed by atoms with Gasteiger partial charge in [-0.15, -0.1) is 0 Å². The van der Waals surface area contributed by atoms with E-state index in [1.165, 1.54) is 36.4 Å². The fourth-order valence-electron chi connectivity index (χ4n) is 2.88. The third-order valence-electron chi connectivity index (χ3n) is 4.04. The van der Waals surface area contributed by atoms with Gasteiger partial charge in [-0.05, 0) is 18.2 Å². The second-order valence-electron chi connectivity index (χ2n) is 5.61. The molecule has 6 heteroatoms. The zero-order chi connectivity index (χ0) is 17.7. The van der Waals surface area contributed by atoms with Crippen molar-refractivity contribution in [1.29, 1.82) is 0 Å². The Morgan fingerprint density at radius 2 is 1.56 bits per heavy atom. The van der Waals surface area contributed by atoms with Gasteiger partial charge in [0.25, 0.3) is 0 Å². The lowest BCUT2D eigenvalue weighted by Crippen LogP contribution is -2.02. The van der Waals surface area contributed by atoms with Gasteiger partial charge in [-0.1, -0.05) is 18.2 Å². The maximum absolute atomic E-state index is 14.4. The number of fused-ring (bicyclic) bond motifs is 2. The number of hydrogen-bond acceptors (Lipinski definition) is 5. The first kappa shape index (κ1) is 15.0. The lowest BCUT2D eigenvalue weighted by atomic mass is 9.93. The van der Waals surface area contributed by atoms with Crippen LogP contribution in [0.2, 0.25) is 0 Å². The molecule has 1 aliphatic carbocycles. The lowest BCUT2D eigenvalue weighted by Gasteiger charge is -2.16. The molecule has 0 fully saturated rings. The summed E-state index contributed by atoms with van der Waals surface area (Å²) in [6, 6.07) is 10.7. The highest BCUT2D eigenvalue weighted by Gasteiger charge is 2.22. The average Bonchev–Trinajstić information content (AvgIpc) is 2.57. The van der Waals surface area contributed by atoms with E-state index in [2.05, 4.69) is 0 Å². The van der Waals surface area contributed by atoms with Gasteiger partial charge in [-0.25, -0.2) is 4.39 Å². The van der Waals surface area contributed by atoms with Gasteiger partial charge in [0.05, 0.1) is 0 Å². The molecule has 0 bridgehead atoms. The molecule has 0 aromatic heterocycles. The Balaban J connectivity index is 2.27. The molecule has 0 unspecified atom stereocenters. The highest BCUT2D eigenvalue weighted by atomic mass is 19.1. The van der Waals surface area contributed by atoms with E-state index in [9.17, 15) is 24.5 Å². The predicted octanol–water partition coefficient (Wildman–Crippen LogP) is 3.82. The highest BCUT2D eigenvalue weighted by molar-refractivity contribution is 6.03. The van der Waals surface area contributed by atoms with E-state index in [0.717, 1.165) is 6.07 Å². The quantitative estimate of drug-likeness (QED) is 0.362. The normalized spacial score (nSPS) is 11.2. The fraction of sp³-hybridized carbons (Fsp3) is 0. The molecule has 0 amide bonds. The number of hydrogen-bond donors (Lipinski definition) is 3. The van der Waals surface area contributed by atoms with Crippen LogP contribution in [0.5, 0.6) is 17.2 Å². The zero-order valence-electron chi connectivity index (χ0n) is 12.7. The summed E-state index contributed by atoms with van der Waals surface area (Å²) in [6.07, 6.45) is 0. The van der Waals surface area contributed by atoms with Crippen LogP contribution in [0, 0.1) is 5.82 Å². The SMILES string of the molecule is O=c1cc2oc3cc(O)c(O)cc3c(-c3ccccc3F)c-2cc1O. The molecule has 4 rings (SSSR count). The molecule has 25 heavy (non-hydrogen) atoms. The van der Waals surface area contributed by atoms with Crippen molar-refractivity contribution >= 4 is 11.0 Å². The molecular formula is C19H11FO5. The van der Waals surface area contributed by atoms with Crippen molar-refractivity contribution in [3.8, 4) is 39.7 Å². The topological polar surface area (TPSA) is 90.9 Å². The Morgan fingerprint density at radius 3 is 2.32 bits per heavy atom. The van der Waals surface area contributed by atoms with Crippen molar-refractivity contribution in [2.45, 2.75) is 0 Å². The average molecular weight is 338 g/mol. The number of benzene rings is 3. The summed E-state index contributed by atoms with van der Waals surface area (Å²) in [5.74, 6) is -1.70. The molecule has 0 saturated heterocycles. The van der Waals surface area contributed by atoms with Gasteiger partial charge in [-0.2, -0.15) is 0 Å². The monoisotopic (exact) mass is 338 g/mol. The third-order valence-corrected chi connectivity index (χ3v) is 4.04. The molecule has 0 spiro atoms. The summed E-state index contributed by atoms with van der Waals surface area (Å²) < 4.78 is 20.0. The van der Waals surface area contributed by atoms with Crippen LogP contribution in [0.15, 0.2) is 57.7 Å². The van der Waals surface area contributed by atoms with Crippen molar-refractivity contribution < 1.29 is 24.1 Å². The summed E-state index contributed by atoms with van der Waals surface area (Å²) >= 11 is 0. The first-order valence-corrected chi connectivity index (χ1v) is 7.36. The van der Waals surface area contributed by atoms with Gasteiger partial charge >= 0.3 is 0 Å². The maximum Gasteiger partial charge on any atom is 0.223 e. The number of phenols is 3. The molecular weight excluding hydrogens is 327 g/mol. The van der Waals surface area contributed by atoms with Gasteiger partial charge in [0.1, 0.15) is 17.2 Å². The molecule has 0 saturated carbocycles. The van der Waals surface area contributed by atoms with Crippen LogP contribution < -0.4 is 5.43 Å². The molecule has 2 aromatic rings. The Bertz CT molecular complexity index is 1160. The second-order valence-corrected chi connectivity index (χ2v) is 5.61. The molecule has 1 heterocycles. The molecule has 2 aromatic carbocycles. The Hall–Kier alpha value is -3.54. The van der Waals surface area contributed by atoms with Crippen LogP contribution in [0.4, 0.5) is 4.39 Å². The van der Waals surface area contributed by atoms with Crippen LogP contribution in [-0.2, 0) is 0 Å². The lowest BCUT2D eigenvalue weighted by molar-refractivity contribution is 0.404. The first-order valence-electron chi connectivity index (χ1n) is 7.36. The van der Waals surface area contributed by atoms with E-state index < -0.39 is 28.5 Å². The standard InChI is InChI=1S/C19H11FO5/c20-12-4-2-1-3-9(12)19-10-5-13(21)15(23)7-17(10)25-18-8-16(24)14(22)6-11(18)19/h1-8,21-23H. The van der Waals surface area contributed by atoms with E-state index in [1.54, 1.807) is 6.07 Å². The van der Waals surface area contributed by atoms with E-state index in [4.69, 9.17) is 4.42 Å². The molecule has 5 nitrogen and oxygen atoms in total. The number of halogens is 1. The number of rotatable bonds is 1. The van der Waals surface area contributed by atoms with Crippen molar-refractivity contribution in [1.82, 2.24) is 0 Å². The smallest absolute Gasteiger partial charge is 0.223 e. The number of phenolic OH excluding ortho intramolecular Hbond substituents is 3. The summed E-state index contributed by atoms with van der Waals surface area (Å²) in [5.41, 5.74) is 0.361. The minimum absolute atomic E-state index is 0.124. The molecule has 124 valence electrons. The van der Waals surface area contributed by atoms with Crippen LogP contribution >= 0.6 is 0 Å². The second kappa shape index (κ2) is 5.24. The molecule has 3 N–H and O–H groups in total. The van der Waals surface area contributed by atoms with Crippen LogP contribution in [0.1, 0.15) is 0 Å². The third kappa shape index (κ3) is 2.27. The van der Waals surface area contributed by atoms with Crippen molar-refractivity contribution in [3.05, 3.63) is 64.6 Å². The van der Waals surface area contributed by atoms with Gasteiger partial charge in [-0.3, -0.25) is 4.79 Å². The van der Waals surface area contributed by atoms with Gasteiger partial charge < -0.3 is 19.7 Å².